The minimum atomic E-state index is 0. The number of benzene rings is 1. The van der Waals surface area contributed by atoms with Crippen LogP contribution < -0.4 is 23.8 Å². The molecular formula is C13H22LiN. The van der Waals surface area contributed by atoms with E-state index in [-0.39, 0.29) is 20.3 Å². The number of anilines is 1. The molecule has 1 nitrogen and oxygen atoms in total. The molecule has 0 saturated carbocycles. The minimum absolute atomic E-state index is 0. The fraction of sp³-hybridized carbons (Fsp3) is 0.538. The molecule has 0 radical (unpaired) electrons. The molecule has 0 heterocycles. The Balaban J connectivity index is 0. The summed E-state index contributed by atoms with van der Waals surface area (Å²) in [4.78, 5) is 2.46. The maximum atomic E-state index is 2.46. The Kier molecular flexibility index (Phi) is 7.65. The van der Waals surface area contributed by atoms with Crippen molar-refractivity contribution in [3.05, 3.63) is 29.8 Å². The van der Waals surface area contributed by atoms with Gasteiger partial charge in [-0.2, -0.15) is 0 Å². The molecule has 0 amide bonds. The first-order chi connectivity index (χ1) is 6.77. The van der Waals surface area contributed by atoms with Crippen LogP contribution in [0, 0.1) is 6.92 Å². The van der Waals surface area contributed by atoms with Crippen molar-refractivity contribution in [2.75, 3.05) is 18.0 Å². The van der Waals surface area contributed by atoms with Crippen LogP contribution >= 0.6 is 0 Å². The Morgan fingerprint density at radius 3 is 1.87 bits per heavy atom. The normalized spacial score (nSPS) is 9.53. The summed E-state index contributed by atoms with van der Waals surface area (Å²) >= 11 is 0. The summed E-state index contributed by atoms with van der Waals surface area (Å²) in [6, 6.07) is 8.82. The van der Waals surface area contributed by atoms with Crippen molar-refractivity contribution in [2.24, 2.45) is 0 Å². The molecular weight excluding hydrogens is 177 g/mol. The van der Waals surface area contributed by atoms with Gasteiger partial charge >= 0.3 is 18.9 Å². The van der Waals surface area contributed by atoms with Gasteiger partial charge in [0.1, 0.15) is 0 Å². The Morgan fingerprint density at radius 1 is 1.00 bits per heavy atom. The molecule has 0 spiro atoms. The Bertz CT molecular complexity index is 255. The van der Waals surface area contributed by atoms with Crippen molar-refractivity contribution in [2.45, 2.75) is 33.6 Å². The Hall–Kier alpha value is -0.383. The van der Waals surface area contributed by atoms with Crippen LogP contribution in [0.5, 0.6) is 0 Å². The van der Waals surface area contributed by atoms with Gasteiger partial charge in [0.2, 0.25) is 0 Å². The maximum absolute atomic E-state index is 2.46. The van der Waals surface area contributed by atoms with E-state index < -0.39 is 0 Å². The molecule has 0 N–H and O–H groups in total. The first-order valence-corrected chi connectivity index (χ1v) is 5.59. The van der Waals surface area contributed by atoms with Crippen LogP contribution in [0.15, 0.2) is 24.3 Å². The van der Waals surface area contributed by atoms with Crippen molar-refractivity contribution in [3.8, 4) is 0 Å². The summed E-state index contributed by atoms with van der Waals surface area (Å²) in [5.74, 6) is 0. The zero-order valence-corrected chi connectivity index (χ0v) is 10.6. The summed E-state index contributed by atoms with van der Waals surface area (Å²) in [6.07, 6.45) is 2.43. The number of nitrogens with zero attached hydrogens (tertiary/aromatic N) is 1. The molecule has 0 bridgehead atoms. The van der Waals surface area contributed by atoms with Crippen molar-refractivity contribution in [3.63, 3.8) is 0 Å². The summed E-state index contributed by atoms with van der Waals surface area (Å²) in [6.45, 7) is 8.93. The summed E-state index contributed by atoms with van der Waals surface area (Å²) in [5, 5.41) is 0. The van der Waals surface area contributed by atoms with Gasteiger partial charge in [0.15, 0.2) is 0 Å². The van der Waals surface area contributed by atoms with E-state index in [2.05, 4.69) is 49.9 Å². The third-order valence-electron chi connectivity index (χ3n) is 2.39. The van der Waals surface area contributed by atoms with E-state index in [9.17, 15) is 0 Å². The molecule has 1 aromatic carbocycles. The third kappa shape index (κ3) is 4.78. The van der Waals surface area contributed by atoms with Crippen molar-refractivity contribution < 1.29 is 20.3 Å². The van der Waals surface area contributed by atoms with Gasteiger partial charge in [-0.1, -0.05) is 31.5 Å². The van der Waals surface area contributed by atoms with Gasteiger partial charge in [-0.25, -0.2) is 0 Å². The molecule has 1 rings (SSSR count). The molecule has 0 fully saturated rings. The van der Waals surface area contributed by atoms with Crippen LogP contribution in [-0.4, -0.2) is 13.1 Å². The van der Waals surface area contributed by atoms with Gasteiger partial charge in [-0.3, -0.25) is 0 Å². The first kappa shape index (κ1) is 14.6. The molecule has 80 valence electrons. The fourth-order valence-electron chi connectivity index (χ4n) is 1.67. The number of hydrogen-bond acceptors (Lipinski definition) is 1. The predicted octanol–water partition coefficient (Wildman–Crippen LogP) is 0.738. The van der Waals surface area contributed by atoms with Gasteiger partial charge in [0.25, 0.3) is 0 Å². The standard InChI is InChI=1S/C13H21N.Li.H/c1-4-10-14(11-5-2)13-8-6-12(3)7-9-13;;/h6-9H,4-5,10-11H2,1-3H3;;/q;+1;-1. The second-order valence-corrected chi connectivity index (χ2v) is 3.82. The van der Waals surface area contributed by atoms with Gasteiger partial charge in [-0.15, -0.1) is 0 Å². The van der Waals surface area contributed by atoms with Gasteiger partial charge in [0, 0.05) is 18.8 Å². The average Bonchev–Trinajstić information content (AvgIpc) is 2.19. The molecule has 0 aliphatic heterocycles. The molecule has 15 heavy (non-hydrogen) atoms. The van der Waals surface area contributed by atoms with Gasteiger partial charge in [-0.05, 0) is 31.9 Å². The number of hydrogen-bond donors (Lipinski definition) is 0. The first-order valence-electron chi connectivity index (χ1n) is 5.59. The Morgan fingerprint density at radius 2 is 1.47 bits per heavy atom. The van der Waals surface area contributed by atoms with Crippen LogP contribution in [0.2, 0.25) is 0 Å². The van der Waals surface area contributed by atoms with Crippen LogP contribution in [0.3, 0.4) is 0 Å². The van der Waals surface area contributed by atoms with E-state index in [1.165, 1.54) is 24.1 Å². The van der Waals surface area contributed by atoms with Crippen LogP contribution in [0.1, 0.15) is 33.7 Å². The predicted molar refractivity (Wildman–Crippen MR) is 65.1 cm³/mol. The second kappa shape index (κ2) is 7.85. The van der Waals surface area contributed by atoms with Crippen molar-refractivity contribution in [1.29, 1.82) is 0 Å². The minimum Gasteiger partial charge on any atom is -1.00 e. The SMILES string of the molecule is CCCN(CCC)c1ccc(C)cc1.[H-].[Li+]. The van der Waals surface area contributed by atoms with E-state index in [0.717, 1.165) is 13.1 Å². The summed E-state index contributed by atoms with van der Waals surface area (Å²) in [5.41, 5.74) is 2.70. The zero-order valence-electron chi connectivity index (χ0n) is 11.6. The van der Waals surface area contributed by atoms with E-state index in [4.69, 9.17) is 0 Å². The molecule has 0 aromatic heterocycles. The molecule has 2 heteroatoms. The largest absolute Gasteiger partial charge is 1.00 e. The molecule has 0 aliphatic carbocycles. The second-order valence-electron chi connectivity index (χ2n) is 3.82. The van der Waals surface area contributed by atoms with E-state index in [0.29, 0.717) is 0 Å². The quantitative estimate of drug-likeness (QED) is 0.632. The molecule has 0 atom stereocenters. The van der Waals surface area contributed by atoms with Crippen LogP contribution in [0.25, 0.3) is 0 Å². The van der Waals surface area contributed by atoms with Crippen molar-refractivity contribution in [1.82, 2.24) is 0 Å². The fourth-order valence-corrected chi connectivity index (χ4v) is 1.67. The summed E-state index contributed by atoms with van der Waals surface area (Å²) in [7, 11) is 0. The molecule has 1 aromatic rings. The summed E-state index contributed by atoms with van der Waals surface area (Å²) < 4.78 is 0. The monoisotopic (exact) mass is 199 g/mol. The average molecular weight is 199 g/mol. The third-order valence-corrected chi connectivity index (χ3v) is 2.39. The Labute approximate surface area is 108 Å². The van der Waals surface area contributed by atoms with E-state index in [1.807, 2.05) is 0 Å². The number of rotatable bonds is 5. The smallest absolute Gasteiger partial charge is 1.00 e. The maximum Gasteiger partial charge on any atom is 1.00 e. The van der Waals surface area contributed by atoms with E-state index >= 15 is 0 Å². The van der Waals surface area contributed by atoms with Gasteiger partial charge in [0.05, 0.1) is 0 Å². The number of aryl methyl sites for hydroxylation is 1. The molecule has 0 saturated heterocycles. The van der Waals surface area contributed by atoms with E-state index in [1.54, 1.807) is 0 Å². The molecule has 0 aliphatic rings. The topological polar surface area (TPSA) is 3.24 Å². The van der Waals surface area contributed by atoms with Gasteiger partial charge < -0.3 is 6.33 Å². The van der Waals surface area contributed by atoms with Crippen molar-refractivity contribution >= 4 is 5.69 Å². The van der Waals surface area contributed by atoms with Crippen LogP contribution in [0.4, 0.5) is 5.69 Å². The molecule has 0 unspecified atom stereocenters. The zero-order chi connectivity index (χ0) is 10.4. The van der Waals surface area contributed by atoms with Crippen LogP contribution in [-0.2, 0) is 0 Å².